The Kier molecular flexibility index (Phi) is 2.87. The minimum Gasteiger partial charge on any atom is -0.342 e. The second-order valence-corrected chi connectivity index (χ2v) is 7.62. The van der Waals surface area contributed by atoms with E-state index in [1.165, 1.54) is 32.1 Å². The van der Waals surface area contributed by atoms with Crippen molar-refractivity contribution in [1.82, 2.24) is 4.90 Å². The summed E-state index contributed by atoms with van der Waals surface area (Å²) in [6.07, 6.45) is 8.77. The smallest absolute Gasteiger partial charge is 0.225 e. The monoisotopic (exact) mass is 262 g/mol. The van der Waals surface area contributed by atoms with E-state index in [0.717, 1.165) is 43.7 Å². The zero-order valence-corrected chi connectivity index (χ0v) is 11.8. The molecule has 3 heteroatoms. The second-order valence-electron chi connectivity index (χ2n) is 7.62. The Morgan fingerprint density at radius 3 is 2.42 bits per heavy atom. The maximum absolute atomic E-state index is 12.8. The van der Waals surface area contributed by atoms with Crippen LogP contribution in [-0.4, -0.2) is 29.9 Å². The summed E-state index contributed by atoms with van der Waals surface area (Å²) < 4.78 is 0. The Morgan fingerprint density at radius 2 is 1.68 bits per heavy atom. The van der Waals surface area contributed by atoms with Crippen molar-refractivity contribution in [2.24, 2.45) is 35.3 Å². The Labute approximate surface area is 115 Å². The van der Waals surface area contributed by atoms with Crippen molar-refractivity contribution in [3.63, 3.8) is 0 Å². The standard InChI is InChI=1S/C16H26N2O/c17-14-4-3-12-8-18(9-13(12)7-14)16(19)15-6-10-1-2-11(15)5-10/h10-15H,1-9,17H2/t10?,11?,12-,13+,14?,15?/m1/s1. The van der Waals surface area contributed by atoms with Crippen LogP contribution in [0.15, 0.2) is 0 Å². The molecule has 4 rings (SSSR count). The molecular formula is C16H26N2O. The van der Waals surface area contributed by atoms with Crippen LogP contribution in [0.4, 0.5) is 0 Å². The lowest BCUT2D eigenvalue weighted by atomic mass is 9.79. The Hall–Kier alpha value is -0.570. The summed E-state index contributed by atoms with van der Waals surface area (Å²) in [4.78, 5) is 15.0. The molecule has 3 nitrogen and oxygen atoms in total. The van der Waals surface area contributed by atoms with Gasteiger partial charge < -0.3 is 10.6 Å². The Bertz CT molecular complexity index is 383. The Balaban J connectivity index is 1.42. The largest absolute Gasteiger partial charge is 0.342 e. The van der Waals surface area contributed by atoms with Crippen LogP contribution in [0.1, 0.15) is 44.9 Å². The number of hydrogen-bond donors (Lipinski definition) is 1. The number of amides is 1. The highest BCUT2D eigenvalue weighted by Crippen LogP contribution is 2.49. The van der Waals surface area contributed by atoms with Gasteiger partial charge in [0.2, 0.25) is 5.91 Å². The van der Waals surface area contributed by atoms with Crippen molar-refractivity contribution in [1.29, 1.82) is 0 Å². The van der Waals surface area contributed by atoms with E-state index in [9.17, 15) is 4.79 Å². The maximum Gasteiger partial charge on any atom is 0.225 e. The third-order valence-corrected chi connectivity index (χ3v) is 6.46. The molecule has 6 atom stereocenters. The van der Waals surface area contributed by atoms with Crippen molar-refractivity contribution >= 4 is 5.91 Å². The molecule has 2 bridgehead atoms. The summed E-state index contributed by atoms with van der Waals surface area (Å²) in [6, 6.07) is 0.388. The molecule has 3 aliphatic carbocycles. The predicted octanol–water partition coefficient (Wildman–Crippen LogP) is 2.01. The van der Waals surface area contributed by atoms with Crippen molar-refractivity contribution in [3.05, 3.63) is 0 Å². The maximum atomic E-state index is 12.8. The first-order chi connectivity index (χ1) is 9.20. The van der Waals surface area contributed by atoms with E-state index in [-0.39, 0.29) is 0 Å². The first kappa shape index (κ1) is 12.2. The van der Waals surface area contributed by atoms with Gasteiger partial charge in [0, 0.05) is 25.0 Å². The molecule has 1 heterocycles. The molecule has 2 N–H and O–H groups in total. The highest BCUT2D eigenvalue weighted by Gasteiger charge is 2.47. The SMILES string of the molecule is NC1CC[C@@H]2CN(C(=O)C3CC4CCC3C4)C[C@@H]2C1. The molecule has 0 radical (unpaired) electrons. The number of nitrogens with zero attached hydrogens (tertiary/aromatic N) is 1. The quantitative estimate of drug-likeness (QED) is 0.785. The number of fused-ring (bicyclic) bond motifs is 3. The third-order valence-electron chi connectivity index (χ3n) is 6.46. The minimum atomic E-state index is 0.382. The molecule has 0 aromatic carbocycles. The highest BCUT2D eigenvalue weighted by molar-refractivity contribution is 5.80. The van der Waals surface area contributed by atoms with E-state index in [1.807, 2.05) is 0 Å². The van der Waals surface area contributed by atoms with Gasteiger partial charge in [-0.25, -0.2) is 0 Å². The predicted molar refractivity (Wildman–Crippen MR) is 74.3 cm³/mol. The van der Waals surface area contributed by atoms with Crippen molar-refractivity contribution in [2.45, 2.75) is 51.0 Å². The molecule has 1 saturated heterocycles. The number of hydrogen-bond acceptors (Lipinski definition) is 2. The number of carbonyl (C=O) groups is 1. The zero-order valence-electron chi connectivity index (χ0n) is 11.8. The molecule has 106 valence electrons. The number of nitrogens with two attached hydrogens (primary N) is 1. The molecule has 0 aromatic rings. The fraction of sp³-hybridized carbons (Fsp3) is 0.938. The van der Waals surface area contributed by atoms with Gasteiger partial charge in [0.15, 0.2) is 0 Å². The lowest BCUT2D eigenvalue weighted by Crippen LogP contribution is -2.37. The molecule has 3 saturated carbocycles. The average molecular weight is 262 g/mol. The number of carbonyl (C=O) groups excluding carboxylic acids is 1. The van der Waals surface area contributed by atoms with Crippen LogP contribution in [0, 0.1) is 29.6 Å². The summed E-state index contributed by atoms with van der Waals surface area (Å²) in [6.45, 7) is 2.04. The zero-order chi connectivity index (χ0) is 13.0. The summed E-state index contributed by atoms with van der Waals surface area (Å²) in [5.41, 5.74) is 6.08. The molecule has 1 aliphatic heterocycles. The molecule has 4 aliphatic rings. The first-order valence-electron chi connectivity index (χ1n) is 8.25. The minimum absolute atomic E-state index is 0.382. The molecule has 1 amide bonds. The van der Waals surface area contributed by atoms with Crippen LogP contribution in [0.25, 0.3) is 0 Å². The van der Waals surface area contributed by atoms with E-state index >= 15 is 0 Å². The summed E-state index contributed by atoms with van der Waals surface area (Å²) in [7, 11) is 0. The number of likely N-dealkylation sites (tertiary alicyclic amines) is 1. The van der Waals surface area contributed by atoms with Gasteiger partial charge in [0.05, 0.1) is 0 Å². The van der Waals surface area contributed by atoms with E-state index < -0.39 is 0 Å². The van der Waals surface area contributed by atoms with E-state index in [2.05, 4.69) is 4.90 Å². The molecule has 0 spiro atoms. The van der Waals surface area contributed by atoms with Crippen LogP contribution >= 0.6 is 0 Å². The highest BCUT2D eigenvalue weighted by atomic mass is 16.2. The lowest BCUT2D eigenvalue weighted by Gasteiger charge is -2.27. The molecule has 4 fully saturated rings. The summed E-state index contributed by atoms with van der Waals surface area (Å²) in [5, 5.41) is 0. The summed E-state index contributed by atoms with van der Waals surface area (Å²) >= 11 is 0. The summed E-state index contributed by atoms with van der Waals surface area (Å²) in [5.74, 6) is 3.93. The van der Waals surface area contributed by atoms with Crippen LogP contribution in [0.3, 0.4) is 0 Å². The lowest BCUT2D eigenvalue weighted by molar-refractivity contribution is -0.136. The van der Waals surface area contributed by atoms with Gasteiger partial charge in [-0.3, -0.25) is 4.79 Å². The topological polar surface area (TPSA) is 46.3 Å². The van der Waals surface area contributed by atoms with Crippen LogP contribution < -0.4 is 5.73 Å². The third kappa shape index (κ3) is 2.01. The van der Waals surface area contributed by atoms with E-state index in [4.69, 9.17) is 5.73 Å². The van der Waals surface area contributed by atoms with E-state index in [1.54, 1.807) is 0 Å². The first-order valence-corrected chi connectivity index (χ1v) is 8.25. The van der Waals surface area contributed by atoms with Crippen molar-refractivity contribution in [2.75, 3.05) is 13.1 Å². The van der Waals surface area contributed by atoms with Crippen molar-refractivity contribution < 1.29 is 4.79 Å². The van der Waals surface area contributed by atoms with Crippen LogP contribution in [-0.2, 0) is 4.79 Å². The van der Waals surface area contributed by atoms with Crippen molar-refractivity contribution in [3.8, 4) is 0 Å². The average Bonchev–Trinajstić information content (AvgIpc) is 3.11. The van der Waals surface area contributed by atoms with Gasteiger partial charge >= 0.3 is 0 Å². The number of rotatable bonds is 1. The molecule has 4 unspecified atom stereocenters. The molecular weight excluding hydrogens is 236 g/mol. The fourth-order valence-corrected chi connectivity index (χ4v) is 5.43. The molecule has 19 heavy (non-hydrogen) atoms. The second kappa shape index (κ2) is 4.47. The van der Waals surface area contributed by atoms with Crippen LogP contribution in [0.5, 0.6) is 0 Å². The normalized spacial score (nSPS) is 48.6. The Morgan fingerprint density at radius 1 is 0.895 bits per heavy atom. The van der Waals surface area contributed by atoms with Gasteiger partial charge in [0.1, 0.15) is 0 Å². The van der Waals surface area contributed by atoms with Gasteiger partial charge in [-0.2, -0.15) is 0 Å². The van der Waals surface area contributed by atoms with Crippen LogP contribution in [0.2, 0.25) is 0 Å². The van der Waals surface area contributed by atoms with Gasteiger partial charge in [-0.15, -0.1) is 0 Å². The van der Waals surface area contributed by atoms with Gasteiger partial charge in [0.25, 0.3) is 0 Å². The fourth-order valence-electron chi connectivity index (χ4n) is 5.43. The van der Waals surface area contributed by atoms with E-state index in [0.29, 0.717) is 23.8 Å². The van der Waals surface area contributed by atoms with Gasteiger partial charge in [-0.05, 0) is 62.2 Å². The van der Waals surface area contributed by atoms with Gasteiger partial charge in [-0.1, -0.05) is 6.42 Å². The molecule has 0 aromatic heterocycles.